The van der Waals surface area contributed by atoms with Crippen molar-refractivity contribution in [3.63, 3.8) is 0 Å². The van der Waals surface area contributed by atoms with Gasteiger partial charge in [-0.15, -0.1) is 0 Å². The molecule has 3 heterocycles. The Kier molecular flexibility index (Phi) is 6.07. The number of hydrogen-bond donors (Lipinski definition) is 2. The highest BCUT2D eigenvalue weighted by molar-refractivity contribution is 6.06. The number of piperidine rings is 1. The molecule has 0 radical (unpaired) electrons. The van der Waals surface area contributed by atoms with Gasteiger partial charge in [-0.3, -0.25) is 19.1 Å². The first-order valence-electron chi connectivity index (χ1n) is 12.3. The van der Waals surface area contributed by atoms with E-state index in [9.17, 15) is 14.4 Å². The molecule has 1 saturated heterocycles. The maximum atomic E-state index is 13.5. The number of carbonyl (C=O) groups is 3. The summed E-state index contributed by atoms with van der Waals surface area (Å²) < 4.78 is 1.57. The molecule has 10 nitrogen and oxygen atoms in total. The van der Waals surface area contributed by atoms with Gasteiger partial charge in [0.25, 0.3) is 0 Å². The quantitative estimate of drug-likeness (QED) is 0.364. The van der Waals surface area contributed by atoms with E-state index in [2.05, 4.69) is 27.3 Å². The van der Waals surface area contributed by atoms with E-state index in [4.69, 9.17) is 5.73 Å². The van der Waals surface area contributed by atoms with Crippen LogP contribution in [0, 0.1) is 12.3 Å². The summed E-state index contributed by atoms with van der Waals surface area (Å²) in [6, 6.07) is 5.21. The van der Waals surface area contributed by atoms with Gasteiger partial charge in [0.05, 0.1) is 5.52 Å². The first-order chi connectivity index (χ1) is 17.2. The lowest BCUT2D eigenvalue weighted by atomic mass is 10.0. The van der Waals surface area contributed by atoms with Crippen LogP contribution >= 0.6 is 0 Å². The summed E-state index contributed by atoms with van der Waals surface area (Å²) in [5, 5.41) is 8.09. The fourth-order valence-electron chi connectivity index (χ4n) is 5.28. The molecule has 0 unspecified atom stereocenters. The number of likely N-dealkylation sites (tertiary alicyclic amines) is 1. The number of carbonyl (C=O) groups excluding carboxylic acids is 3. The van der Waals surface area contributed by atoms with Crippen LogP contribution in [0.3, 0.4) is 0 Å². The highest BCUT2D eigenvalue weighted by atomic mass is 16.2. The fraction of sp³-hybridized carbons (Fsp3) is 0.462. The molecular formula is C26H31N7O3. The average Bonchev–Trinajstić information content (AvgIpc) is 3.22. The molecule has 2 amide bonds. The number of Topliss-reactive ketones (excluding diaryl/α,β-unsaturated/α-hetero) is 1. The second-order valence-corrected chi connectivity index (χ2v) is 10.1. The van der Waals surface area contributed by atoms with Gasteiger partial charge < -0.3 is 16.0 Å². The molecule has 0 bridgehead atoms. The topological polar surface area (TPSA) is 136 Å². The number of ketones is 1. The smallest absolute Gasteiger partial charge is 0.245 e. The van der Waals surface area contributed by atoms with Crippen LogP contribution in [-0.4, -0.2) is 67.4 Å². The first-order valence-corrected chi connectivity index (χ1v) is 12.3. The molecule has 2 fully saturated rings. The maximum Gasteiger partial charge on any atom is 0.245 e. The van der Waals surface area contributed by atoms with E-state index < -0.39 is 6.04 Å². The van der Waals surface area contributed by atoms with Crippen molar-refractivity contribution in [2.24, 2.45) is 11.1 Å². The van der Waals surface area contributed by atoms with E-state index in [0.29, 0.717) is 48.4 Å². The molecule has 188 valence electrons. The minimum absolute atomic E-state index is 0.0206. The third-order valence-electron chi connectivity index (χ3n) is 7.39. The summed E-state index contributed by atoms with van der Waals surface area (Å²) in [6.45, 7) is 6.36. The number of rotatable bonds is 8. The molecule has 1 aliphatic carbocycles. The molecule has 2 aromatic heterocycles. The molecule has 1 aromatic carbocycles. The van der Waals surface area contributed by atoms with Crippen molar-refractivity contribution in [2.45, 2.75) is 58.7 Å². The second-order valence-electron chi connectivity index (χ2n) is 10.1. The Balaban J connectivity index is 1.43. The van der Waals surface area contributed by atoms with Gasteiger partial charge in [-0.1, -0.05) is 13.0 Å². The number of amides is 2. The van der Waals surface area contributed by atoms with Crippen LogP contribution in [0.2, 0.25) is 0 Å². The number of hydrogen-bond acceptors (Lipinski definition) is 7. The van der Waals surface area contributed by atoms with Crippen molar-refractivity contribution in [2.75, 3.05) is 13.1 Å². The van der Waals surface area contributed by atoms with E-state index in [1.165, 1.54) is 6.92 Å². The highest BCUT2D eigenvalue weighted by Gasteiger charge is 2.64. The van der Waals surface area contributed by atoms with E-state index in [1.807, 2.05) is 25.1 Å². The van der Waals surface area contributed by atoms with Crippen molar-refractivity contribution in [3.8, 4) is 11.1 Å². The molecule has 0 spiro atoms. The minimum Gasteiger partial charge on any atom is -0.354 e. The number of aryl methyl sites for hydroxylation is 1. The van der Waals surface area contributed by atoms with Gasteiger partial charge in [0.1, 0.15) is 24.1 Å². The first kappa shape index (κ1) is 24.1. The van der Waals surface area contributed by atoms with Crippen molar-refractivity contribution in [3.05, 3.63) is 42.1 Å². The third kappa shape index (κ3) is 4.26. The molecule has 36 heavy (non-hydrogen) atoms. The largest absolute Gasteiger partial charge is 0.354 e. The van der Waals surface area contributed by atoms with Gasteiger partial charge in [-0.05, 0) is 55.8 Å². The van der Waals surface area contributed by atoms with Gasteiger partial charge in [-0.25, -0.2) is 9.97 Å². The van der Waals surface area contributed by atoms with E-state index >= 15 is 0 Å². The maximum absolute atomic E-state index is 13.5. The fourth-order valence-corrected chi connectivity index (χ4v) is 5.28. The zero-order valence-electron chi connectivity index (χ0n) is 20.8. The number of nitrogens with one attached hydrogen (secondary N) is 1. The van der Waals surface area contributed by atoms with E-state index in [1.54, 1.807) is 22.0 Å². The highest BCUT2D eigenvalue weighted by Crippen LogP contribution is 2.59. The standard InChI is InChI=1S/C26H31N7O3/c1-15(34)24-19-9-17(18-12-29-16(2)30-13-18)5-6-20(19)32(31-24)14-23(35)33-21(10-26(3)11-22(26)33)25(36)28-8-4-7-27/h5-6,9,12-13,21-22H,4,7-8,10-11,14,27H2,1-3H3,(H,28,36)/t21-,22+,26-/m0/s1. The monoisotopic (exact) mass is 489 g/mol. The van der Waals surface area contributed by atoms with Crippen LogP contribution in [0.4, 0.5) is 0 Å². The van der Waals surface area contributed by atoms with E-state index in [-0.39, 0.29) is 35.6 Å². The van der Waals surface area contributed by atoms with Crippen molar-refractivity contribution < 1.29 is 14.4 Å². The number of fused-ring (bicyclic) bond motifs is 2. The molecule has 1 saturated carbocycles. The normalized spacial score (nSPS) is 22.5. The Labute approximate surface area is 209 Å². The predicted octanol–water partition coefficient (Wildman–Crippen LogP) is 1.85. The van der Waals surface area contributed by atoms with Gasteiger partial charge in [0.2, 0.25) is 11.8 Å². The Morgan fingerprint density at radius 2 is 1.92 bits per heavy atom. The van der Waals surface area contributed by atoms with Crippen molar-refractivity contribution >= 4 is 28.5 Å². The van der Waals surface area contributed by atoms with Gasteiger partial charge in [0, 0.05) is 42.9 Å². The Morgan fingerprint density at radius 3 is 2.61 bits per heavy atom. The molecule has 1 aliphatic heterocycles. The summed E-state index contributed by atoms with van der Waals surface area (Å²) in [5.41, 5.74) is 8.20. The van der Waals surface area contributed by atoms with Crippen molar-refractivity contribution in [1.29, 1.82) is 0 Å². The number of aromatic nitrogens is 4. The van der Waals surface area contributed by atoms with Gasteiger partial charge >= 0.3 is 0 Å². The average molecular weight is 490 g/mol. The molecule has 3 N–H and O–H groups in total. The number of benzene rings is 1. The van der Waals surface area contributed by atoms with Crippen molar-refractivity contribution in [1.82, 2.24) is 30.0 Å². The summed E-state index contributed by atoms with van der Waals surface area (Å²) >= 11 is 0. The lowest BCUT2D eigenvalue weighted by Gasteiger charge is -2.27. The van der Waals surface area contributed by atoms with Crippen LogP contribution in [0.1, 0.15) is 49.4 Å². The van der Waals surface area contributed by atoms with Crippen LogP contribution < -0.4 is 11.1 Å². The van der Waals surface area contributed by atoms with Crippen LogP contribution in [0.25, 0.3) is 22.0 Å². The third-order valence-corrected chi connectivity index (χ3v) is 7.39. The summed E-state index contributed by atoms with van der Waals surface area (Å²) in [4.78, 5) is 49.1. The summed E-state index contributed by atoms with van der Waals surface area (Å²) in [7, 11) is 0. The number of nitrogens with two attached hydrogens (primary N) is 1. The summed E-state index contributed by atoms with van der Waals surface area (Å²) in [6.07, 6.45) is 5.72. The Bertz CT molecular complexity index is 1350. The zero-order chi connectivity index (χ0) is 25.6. The Hall–Kier alpha value is -3.66. The molecule has 3 aromatic rings. The second kappa shape index (κ2) is 9.09. The number of nitrogens with zero attached hydrogens (tertiary/aromatic N) is 5. The predicted molar refractivity (Wildman–Crippen MR) is 134 cm³/mol. The molecule has 5 rings (SSSR count). The molecule has 10 heteroatoms. The lowest BCUT2D eigenvalue weighted by Crippen LogP contribution is -2.49. The zero-order valence-corrected chi connectivity index (χ0v) is 20.8. The van der Waals surface area contributed by atoms with Gasteiger partial charge in [0.15, 0.2) is 5.78 Å². The lowest BCUT2D eigenvalue weighted by molar-refractivity contribution is -0.140. The SMILES string of the molecule is CC(=O)c1nn(CC(=O)N2[C@H](C(=O)NCCCN)C[C@@]3(C)C[C@@H]23)c2ccc(-c3cnc(C)nc3)cc12. The molecular weight excluding hydrogens is 458 g/mol. The van der Waals surface area contributed by atoms with E-state index in [0.717, 1.165) is 17.5 Å². The molecule has 3 atom stereocenters. The van der Waals surface area contributed by atoms with Gasteiger partial charge in [-0.2, -0.15) is 5.10 Å². The van der Waals surface area contributed by atoms with Crippen LogP contribution in [0.15, 0.2) is 30.6 Å². The minimum atomic E-state index is -0.499. The van der Waals surface area contributed by atoms with Crippen LogP contribution in [-0.2, 0) is 16.1 Å². The summed E-state index contributed by atoms with van der Waals surface area (Å²) in [5.74, 6) is 0.188. The molecule has 2 aliphatic rings. The Morgan fingerprint density at radius 1 is 1.17 bits per heavy atom. The van der Waals surface area contributed by atoms with Crippen LogP contribution in [0.5, 0.6) is 0 Å².